The molecule has 1 heterocycles. The lowest BCUT2D eigenvalue weighted by molar-refractivity contribution is -0.137. The fraction of sp³-hybridized carbons (Fsp3) is 0.643. The predicted octanol–water partition coefficient (Wildman–Crippen LogP) is 3.05. The van der Waals surface area contributed by atoms with Gasteiger partial charge in [0.05, 0.1) is 5.56 Å². The van der Waals surface area contributed by atoms with Crippen LogP contribution in [0.15, 0.2) is 18.3 Å². The third-order valence-corrected chi connectivity index (χ3v) is 4.10. The summed E-state index contributed by atoms with van der Waals surface area (Å²) in [7, 11) is 1.69. The highest BCUT2D eigenvalue weighted by Crippen LogP contribution is 2.37. The molecule has 0 aliphatic heterocycles. The Balaban J connectivity index is 2.31. The molecular weight excluding hydrogens is 267 g/mol. The summed E-state index contributed by atoms with van der Waals surface area (Å²) in [6.07, 6.45) is 0.984. The van der Waals surface area contributed by atoms with Crippen LogP contribution in [0.4, 0.5) is 19.0 Å². The van der Waals surface area contributed by atoms with E-state index in [9.17, 15) is 13.2 Å². The third kappa shape index (κ3) is 3.06. The topological polar surface area (TPSA) is 42.2 Å². The van der Waals surface area contributed by atoms with Gasteiger partial charge in [-0.1, -0.05) is 12.8 Å². The number of halogens is 3. The van der Waals surface area contributed by atoms with Gasteiger partial charge in [-0.05, 0) is 37.4 Å². The van der Waals surface area contributed by atoms with E-state index in [-0.39, 0.29) is 17.8 Å². The van der Waals surface area contributed by atoms with Crippen molar-refractivity contribution < 1.29 is 13.2 Å². The van der Waals surface area contributed by atoms with E-state index in [1.165, 1.54) is 12.3 Å². The molecule has 0 bridgehead atoms. The number of alkyl halides is 3. The van der Waals surface area contributed by atoms with E-state index in [4.69, 9.17) is 5.73 Å². The first-order valence-corrected chi connectivity index (χ1v) is 6.90. The van der Waals surface area contributed by atoms with Gasteiger partial charge < -0.3 is 10.6 Å². The molecule has 20 heavy (non-hydrogen) atoms. The first kappa shape index (κ1) is 15.1. The molecule has 0 spiro atoms. The van der Waals surface area contributed by atoms with Gasteiger partial charge in [0.15, 0.2) is 0 Å². The Kier molecular flexibility index (Phi) is 4.52. The summed E-state index contributed by atoms with van der Waals surface area (Å²) in [5.74, 6) is 0.238. The number of nitrogens with two attached hydrogens (primary N) is 1. The van der Waals surface area contributed by atoms with Crippen LogP contribution in [0.1, 0.15) is 31.2 Å². The molecule has 2 N–H and O–H groups in total. The average molecular weight is 287 g/mol. The second-order valence-corrected chi connectivity index (χ2v) is 5.33. The molecule has 1 aliphatic rings. The SMILES string of the molecule is CN(c1ncccc1C(F)(F)F)C1CCCCC1CN. The second-order valence-electron chi connectivity index (χ2n) is 5.33. The highest BCUT2D eigenvalue weighted by Gasteiger charge is 2.37. The van der Waals surface area contributed by atoms with Gasteiger partial charge >= 0.3 is 6.18 Å². The molecule has 0 radical (unpaired) electrons. The number of nitrogens with zero attached hydrogens (tertiary/aromatic N) is 2. The van der Waals surface area contributed by atoms with Gasteiger partial charge in [-0.2, -0.15) is 13.2 Å². The van der Waals surface area contributed by atoms with E-state index in [1.807, 2.05) is 0 Å². The quantitative estimate of drug-likeness (QED) is 0.929. The summed E-state index contributed by atoms with van der Waals surface area (Å²) in [5, 5.41) is 0. The Morgan fingerprint density at radius 1 is 1.35 bits per heavy atom. The maximum Gasteiger partial charge on any atom is 0.419 e. The summed E-state index contributed by atoms with van der Waals surface area (Å²) in [6, 6.07) is 2.44. The lowest BCUT2D eigenvalue weighted by Crippen LogP contribution is -2.44. The molecule has 0 amide bonds. The molecule has 6 heteroatoms. The average Bonchev–Trinajstić information content (AvgIpc) is 2.45. The Hall–Kier alpha value is -1.30. The lowest BCUT2D eigenvalue weighted by Gasteiger charge is -2.39. The van der Waals surface area contributed by atoms with Crippen molar-refractivity contribution in [2.75, 3.05) is 18.5 Å². The molecule has 1 aliphatic carbocycles. The first-order chi connectivity index (χ1) is 9.45. The molecule has 2 unspecified atom stereocenters. The minimum atomic E-state index is -4.38. The fourth-order valence-electron chi connectivity index (χ4n) is 3.03. The van der Waals surface area contributed by atoms with Crippen LogP contribution in [-0.2, 0) is 6.18 Å². The fourth-order valence-corrected chi connectivity index (χ4v) is 3.03. The Morgan fingerprint density at radius 2 is 2.05 bits per heavy atom. The molecule has 2 atom stereocenters. The van der Waals surface area contributed by atoms with E-state index in [1.54, 1.807) is 11.9 Å². The number of pyridine rings is 1. The maximum atomic E-state index is 13.1. The van der Waals surface area contributed by atoms with E-state index >= 15 is 0 Å². The van der Waals surface area contributed by atoms with Crippen LogP contribution in [0.2, 0.25) is 0 Å². The van der Waals surface area contributed by atoms with Gasteiger partial charge in [0.25, 0.3) is 0 Å². The van der Waals surface area contributed by atoms with Crippen molar-refractivity contribution in [1.82, 2.24) is 4.98 Å². The summed E-state index contributed by atoms with van der Waals surface area (Å²) in [6.45, 7) is 0.503. The van der Waals surface area contributed by atoms with Gasteiger partial charge in [-0.25, -0.2) is 4.98 Å². The van der Waals surface area contributed by atoms with Gasteiger partial charge in [0, 0.05) is 19.3 Å². The summed E-state index contributed by atoms with van der Waals surface area (Å²) in [4.78, 5) is 5.62. The van der Waals surface area contributed by atoms with Crippen LogP contribution >= 0.6 is 0 Å². The minimum absolute atomic E-state index is 0.00495. The largest absolute Gasteiger partial charge is 0.419 e. The van der Waals surface area contributed by atoms with Crippen molar-refractivity contribution in [3.8, 4) is 0 Å². The van der Waals surface area contributed by atoms with Crippen LogP contribution in [0.5, 0.6) is 0 Å². The molecule has 1 fully saturated rings. The van der Waals surface area contributed by atoms with Crippen LogP contribution in [-0.4, -0.2) is 24.6 Å². The van der Waals surface area contributed by atoms with Crippen molar-refractivity contribution in [2.45, 2.75) is 37.9 Å². The van der Waals surface area contributed by atoms with Crippen molar-refractivity contribution in [2.24, 2.45) is 11.7 Å². The second kappa shape index (κ2) is 5.99. The first-order valence-electron chi connectivity index (χ1n) is 6.90. The molecule has 3 nitrogen and oxygen atoms in total. The van der Waals surface area contributed by atoms with E-state index in [0.717, 1.165) is 31.7 Å². The third-order valence-electron chi connectivity index (χ3n) is 4.10. The summed E-state index contributed by atoms with van der Waals surface area (Å²) in [5.41, 5.74) is 5.09. The van der Waals surface area contributed by atoms with E-state index in [2.05, 4.69) is 4.98 Å². The number of anilines is 1. The molecule has 0 aromatic carbocycles. The van der Waals surface area contributed by atoms with Crippen LogP contribution in [0.3, 0.4) is 0 Å². The van der Waals surface area contributed by atoms with Crippen molar-refractivity contribution in [1.29, 1.82) is 0 Å². The Labute approximate surface area is 117 Å². The van der Waals surface area contributed by atoms with Crippen LogP contribution in [0, 0.1) is 5.92 Å². The van der Waals surface area contributed by atoms with Crippen LogP contribution in [0.25, 0.3) is 0 Å². The molecule has 112 valence electrons. The van der Waals surface area contributed by atoms with Crippen molar-refractivity contribution >= 4 is 5.82 Å². The highest BCUT2D eigenvalue weighted by molar-refractivity contribution is 5.48. The molecule has 1 aromatic rings. The standard InChI is InChI=1S/C14H20F3N3/c1-20(12-7-3-2-5-10(12)9-18)13-11(14(15,16)17)6-4-8-19-13/h4,6,8,10,12H,2-3,5,7,9,18H2,1H3. The van der Waals surface area contributed by atoms with Gasteiger partial charge in [-0.15, -0.1) is 0 Å². The van der Waals surface area contributed by atoms with Gasteiger partial charge in [0.2, 0.25) is 0 Å². The molecule has 1 aromatic heterocycles. The Morgan fingerprint density at radius 3 is 2.70 bits per heavy atom. The molecule has 1 saturated carbocycles. The van der Waals surface area contributed by atoms with Gasteiger partial charge in [-0.3, -0.25) is 0 Å². The maximum absolute atomic E-state index is 13.1. The molecular formula is C14H20F3N3. The summed E-state index contributed by atoms with van der Waals surface area (Å²) >= 11 is 0. The minimum Gasteiger partial charge on any atom is -0.356 e. The Bertz CT molecular complexity index is 448. The molecule has 2 rings (SSSR count). The normalized spacial score (nSPS) is 23.6. The zero-order valence-electron chi connectivity index (χ0n) is 11.5. The molecule has 0 saturated heterocycles. The number of hydrogen-bond acceptors (Lipinski definition) is 3. The lowest BCUT2D eigenvalue weighted by atomic mass is 9.83. The van der Waals surface area contributed by atoms with Gasteiger partial charge in [0.1, 0.15) is 5.82 Å². The van der Waals surface area contributed by atoms with Crippen LogP contribution < -0.4 is 10.6 Å². The van der Waals surface area contributed by atoms with Crippen molar-refractivity contribution in [3.63, 3.8) is 0 Å². The number of hydrogen-bond donors (Lipinski definition) is 1. The van der Waals surface area contributed by atoms with E-state index in [0.29, 0.717) is 6.54 Å². The zero-order valence-corrected chi connectivity index (χ0v) is 11.5. The number of aromatic nitrogens is 1. The zero-order chi connectivity index (χ0) is 14.8. The smallest absolute Gasteiger partial charge is 0.356 e. The predicted molar refractivity (Wildman–Crippen MR) is 72.4 cm³/mol. The number of rotatable bonds is 3. The summed E-state index contributed by atoms with van der Waals surface area (Å²) < 4.78 is 39.2. The monoisotopic (exact) mass is 287 g/mol. The van der Waals surface area contributed by atoms with Crippen molar-refractivity contribution in [3.05, 3.63) is 23.9 Å². The highest BCUT2D eigenvalue weighted by atomic mass is 19.4. The van der Waals surface area contributed by atoms with E-state index < -0.39 is 11.7 Å².